The molecule has 2 aromatic rings. The summed E-state index contributed by atoms with van der Waals surface area (Å²) in [6.07, 6.45) is 2.06. The van der Waals surface area contributed by atoms with Gasteiger partial charge in [0.2, 0.25) is 15.9 Å². The molecule has 0 aromatic heterocycles. The lowest BCUT2D eigenvalue weighted by molar-refractivity contribution is -0.131. The van der Waals surface area contributed by atoms with Crippen molar-refractivity contribution in [2.24, 2.45) is 0 Å². The fourth-order valence-electron chi connectivity index (χ4n) is 3.05. The van der Waals surface area contributed by atoms with Crippen LogP contribution in [0, 0.1) is 0 Å². The van der Waals surface area contributed by atoms with Gasteiger partial charge in [-0.05, 0) is 30.5 Å². The van der Waals surface area contributed by atoms with Crippen LogP contribution >= 0.6 is 0 Å². The maximum Gasteiger partial charge on any atom is 0.232 e. The van der Waals surface area contributed by atoms with Gasteiger partial charge in [-0.2, -0.15) is 0 Å². The highest BCUT2D eigenvalue weighted by atomic mass is 32.2. The molecule has 0 atom stereocenters. The van der Waals surface area contributed by atoms with E-state index in [1.165, 1.54) is 10.6 Å². The third-order valence-corrected chi connectivity index (χ3v) is 5.70. The second kappa shape index (κ2) is 9.55. The van der Waals surface area contributed by atoms with E-state index in [-0.39, 0.29) is 18.9 Å². The quantitative estimate of drug-likeness (QED) is 0.661. The number of aryl methyl sites for hydroxylation is 1. The minimum absolute atomic E-state index is 0.0519. The van der Waals surface area contributed by atoms with E-state index in [0.717, 1.165) is 17.5 Å². The third kappa shape index (κ3) is 5.82. The van der Waals surface area contributed by atoms with Crippen LogP contribution < -0.4 is 4.31 Å². The molecule has 0 spiro atoms. The number of para-hydroxylation sites is 1. The summed E-state index contributed by atoms with van der Waals surface area (Å²) in [4.78, 5) is 14.5. The van der Waals surface area contributed by atoms with E-state index >= 15 is 0 Å². The van der Waals surface area contributed by atoms with Crippen LogP contribution in [0.3, 0.4) is 0 Å². The molecule has 6 heteroatoms. The van der Waals surface area contributed by atoms with Gasteiger partial charge < -0.3 is 4.90 Å². The average Bonchev–Trinajstić information content (AvgIpc) is 2.66. The predicted octanol–water partition coefficient (Wildman–Crippen LogP) is 3.45. The highest BCUT2D eigenvalue weighted by Crippen LogP contribution is 2.23. The van der Waals surface area contributed by atoms with Crippen LogP contribution in [0.2, 0.25) is 0 Å². The molecular weight excluding hydrogens is 360 g/mol. The first-order valence-corrected chi connectivity index (χ1v) is 11.1. The summed E-state index contributed by atoms with van der Waals surface area (Å²) in [5.74, 6) is -0.0519. The van der Waals surface area contributed by atoms with Gasteiger partial charge in [0.25, 0.3) is 0 Å². The molecule has 0 bridgehead atoms. The van der Waals surface area contributed by atoms with Crippen LogP contribution in [0.1, 0.15) is 31.4 Å². The Kier molecular flexibility index (Phi) is 7.42. The summed E-state index contributed by atoms with van der Waals surface area (Å²) in [5.41, 5.74) is 2.66. The predicted molar refractivity (Wildman–Crippen MR) is 110 cm³/mol. The van der Waals surface area contributed by atoms with E-state index in [1.807, 2.05) is 62.4 Å². The van der Waals surface area contributed by atoms with Crippen molar-refractivity contribution in [1.29, 1.82) is 0 Å². The molecule has 1 amide bonds. The number of carbonyl (C=O) groups is 1. The molecule has 2 rings (SSSR count). The molecule has 0 radical (unpaired) electrons. The molecule has 0 saturated heterocycles. The van der Waals surface area contributed by atoms with Gasteiger partial charge in [0, 0.05) is 26.1 Å². The molecule has 0 heterocycles. The van der Waals surface area contributed by atoms with E-state index in [1.54, 1.807) is 11.0 Å². The standard InChI is InChI=1S/C21H28N2O3S/c1-4-19-13-9-10-14-20(19)23(27(3,25)26)16-15-21(24)22(5-2)17-18-11-7-6-8-12-18/h6-14H,4-5,15-17H2,1-3H3. The number of anilines is 1. The minimum Gasteiger partial charge on any atom is -0.339 e. The molecule has 0 aliphatic carbocycles. The molecule has 0 unspecified atom stereocenters. The Morgan fingerprint density at radius 3 is 2.19 bits per heavy atom. The van der Waals surface area contributed by atoms with Crippen molar-refractivity contribution in [2.45, 2.75) is 33.2 Å². The Morgan fingerprint density at radius 1 is 0.963 bits per heavy atom. The lowest BCUT2D eigenvalue weighted by Crippen LogP contribution is -2.37. The van der Waals surface area contributed by atoms with Crippen molar-refractivity contribution in [2.75, 3.05) is 23.7 Å². The molecular formula is C21H28N2O3S. The molecule has 146 valence electrons. The summed E-state index contributed by atoms with van der Waals surface area (Å²) in [5, 5.41) is 0. The second-order valence-electron chi connectivity index (χ2n) is 6.46. The maximum absolute atomic E-state index is 12.7. The van der Waals surface area contributed by atoms with Gasteiger partial charge in [-0.1, -0.05) is 55.5 Å². The smallest absolute Gasteiger partial charge is 0.232 e. The minimum atomic E-state index is -3.47. The van der Waals surface area contributed by atoms with Gasteiger partial charge >= 0.3 is 0 Å². The highest BCUT2D eigenvalue weighted by Gasteiger charge is 2.22. The average molecular weight is 389 g/mol. The van der Waals surface area contributed by atoms with Crippen molar-refractivity contribution >= 4 is 21.6 Å². The van der Waals surface area contributed by atoms with Crippen LogP contribution in [0.5, 0.6) is 0 Å². The number of carbonyl (C=O) groups excluding carboxylic acids is 1. The zero-order valence-electron chi connectivity index (χ0n) is 16.3. The van der Waals surface area contributed by atoms with Crippen molar-refractivity contribution in [3.8, 4) is 0 Å². The maximum atomic E-state index is 12.7. The molecule has 0 aliphatic rings. The van der Waals surface area contributed by atoms with Gasteiger partial charge in [-0.15, -0.1) is 0 Å². The summed E-state index contributed by atoms with van der Waals surface area (Å²) < 4.78 is 26.0. The zero-order chi connectivity index (χ0) is 19.9. The lowest BCUT2D eigenvalue weighted by atomic mass is 10.1. The van der Waals surface area contributed by atoms with E-state index < -0.39 is 10.0 Å². The van der Waals surface area contributed by atoms with Gasteiger partial charge in [0.1, 0.15) is 0 Å². The van der Waals surface area contributed by atoms with Crippen molar-refractivity contribution in [3.63, 3.8) is 0 Å². The first-order chi connectivity index (χ1) is 12.9. The van der Waals surface area contributed by atoms with Crippen LogP contribution in [-0.4, -0.2) is 38.6 Å². The van der Waals surface area contributed by atoms with E-state index in [0.29, 0.717) is 18.8 Å². The molecule has 0 N–H and O–H groups in total. The van der Waals surface area contributed by atoms with Gasteiger partial charge in [-0.25, -0.2) is 8.42 Å². The van der Waals surface area contributed by atoms with Crippen molar-refractivity contribution in [3.05, 3.63) is 65.7 Å². The Balaban J connectivity index is 2.13. The highest BCUT2D eigenvalue weighted by molar-refractivity contribution is 7.92. The second-order valence-corrected chi connectivity index (χ2v) is 8.37. The number of hydrogen-bond acceptors (Lipinski definition) is 3. The van der Waals surface area contributed by atoms with Crippen LogP contribution in [-0.2, 0) is 27.8 Å². The fourth-order valence-corrected chi connectivity index (χ4v) is 4.01. The zero-order valence-corrected chi connectivity index (χ0v) is 17.1. The number of amides is 1. The van der Waals surface area contributed by atoms with Crippen molar-refractivity contribution in [1.82, 2.24) is 4.90 Å². The molecule has 5 nitrogen and oxygen atoms in total. The lowest BCUT2D eigenvalue weighted by Gasteiger charge is -2.26. The normalized spacial score (nSPS) is 11.2. The number of nitrogens with zero attached hydrogens (tertiary/aromatic N) is 2. The third-order valence-electron chi connectivity index (χ3n) is 4.52. The summed E-state index contributed by atoms with van der Waals surface area (Å²) in [7, 11) is -3.47. The first-order valence-electron chi connectivity index (χ1n) is 9.24. The SMILES string of the molecule is CCc1ccccc1N(CCC(=O)N(CC)Cc1ccccc1)S(C)(=O)=O. The Morgan fingerprint density at radius 2 is 1.59 bits per heavy atom. The first kappa shape index (κ1) is 21.0. The molecule has 0 fully saturated rings. The fraction of sp³-hybridized carbons (Fsp3) is 0.381. The summed E-state index contributed by atoms with van der Waals surface area (Å²) in [6.45, 7) is 5.17. The number of hydrogen-bond donors (Lipinski definition) is 0. The van der Waals surface area contributed by atoms with E-state index in [2.05, 4.69) is 0 Å². The Hall–Kier alpha value is -2.34. The van der Waals surface area contributed by atoms with Crippen LogP contribution in [0.4, 0.5) is 5.69 Å². The number of sulfonamides is 1. The largest absolute Gasteiger partial charge is 0.339 e. The molecule has 0 saturated carbocycles. The van der Waals surface area contributed by atoms with Crippen molar-refractivity contribution < 1.29 is 13.2 Å². The number of rotatable bonds is 9. The Bertz CT molecular complexity index is 851. The monoisotopic (exact) mass is 388 g/mol. The number of benzene rings is 2. The molecule has 0 aliphatic heterocycles. The summed E-state index contributed by atoms with van der Waals surface area (Å²) in [6, 6.07) is 17.2. The summed E-state index contributed by atoms with van der Waals surface area (Å²) >= 11 is 0. The van der Waals surface area contributed by atoms with Gasteiger partial charge in [0.05, 0.1) is 11.9 Å². The van der Waals surface area contributed by atoms with Crippen LogP contribution in [0.25, 0.3) is 0 Å². The van der Waals surface area contributed by atoms with Gasteiger partial charge in [-0.3, -0.25) is 9.10 Å². The van der Waals surface area contributed by atoms with Crippen LogP contribution in [0.15, 0.2) is 54.6 Å². The molecule has 2 aromatic carbocycles. The van der Waals surface area contributed by atoms with Gasteiger partial charge in [0.15, 0.2) is 0 Å². The Labute approximate surface area is 162 Å². The van der Waals surface area contributed by atoms with E-state index in [9.17, 15) is 13.2 Å². The van der Waals surface area contributed by atoms with E-state index in [4.69, 9.17) is 0 Å². The topological polar surface area (TPSA) is 57.7 Å². The molecule has 27 heavy (non-hydrogen) atoms.